The van der Waals surface area contributed by atoms with E-state index in [1.807, 2.05) is 12.1 Å². The van der Waals surface area contributed by atoms with E-state index in [1.165, 1.54) is 0 Å². The number of nitrogens with zero attached hydrogens (tertiary/aromatic N) is 2. The summed E-state index contributed by atoms with van der Waals surface area (Å²) in [5, 5.41) is 0.586. The summed E-state index contributed by atoms with van der Waals surface area (Å²) in [6.07, 6.45) is 0. The Morgan fingerprint density at radius 1 is 1.50 bits per heavy atom. The van der Waals surface area contributed by atoms with E-state index in [1.54, 1.807) is 22.9 Å². The van der Waals surface area contributed by atoms with Crippen LogP contribution in [-0.4, -0.2) is 41.0 Å². The predicted molar refractivity (Wildman–Crippen MR) is 75.8 cm³/mol. The van der Waals surface area contributed by atoms with Crippen molar-refractivity contribution in [1.82, 2.24) is 9.80 Å². The van der Waals surface area contributed by atoms with E-state index in [-0.39, 0.29) is 6.03 Å². The second-order valence-electron chi connectivity index (χ2n) is 4.30. The van der Waals surface area contributed by atoms with Gasteiger partial charge in [-0.05, 0) is 11.6 Å². The third kappa shape index (κ3) is 2.57. The predicted octanol–water partition coefficient (Wildman–Crippen LogP) is 1.84. The van der Waals surface area contributed by atoms with Crippen molar-refractivity contribution in [2.45, 2.75) is 6.54 Å². The Kier molecular flexibility index (Phi) is 3.73. The van der Waals surface area contributed by atoms with E-state index in [2.05, 4.69) is 0 Å². The molecule has 0 radical (unpaired) electrons. The van der Waals surface area contributed by atoms with Crippen LogP contribution in [0, 0.1) is 0 Å². The molecule has 0 aliphatic carbocycles. The summed E-state index contributed by atoms with van der Waals surface area (Å²) >= 11 is 11.1. The van der Waals surface area contributed by atoms with Gasteiger partial charge < -0.3 is 15.5 Å². The van der Waals surface area contributed by atoms with E-state index < -0.39 is 0 Å². The van der Waals surface area contributed by atoms with Gasteiger partial charge in [0, 0.05) is 37.3 Å². The van der Waals surface area contributed by atoms with Crippen LogP contribution < -0.4 is 5.73 Å². The van der Waals surface area contributed by atoms with Crippen LogP contribution >= 0.6 is 23.8 Å². The number of hydrogen-bond donors (Lipinski definition) is 1. The van der Waals surface area contributed by atoms with Gasteiger partial charge in [0.2, 0.25) is 0 Å². The molecule has 6 heteroatoms. The zero-order valence-corrected chi connectivity index (χ0v) is 11.6. The number of hydrogen-bond acceptors (Lipinski definition) is 2. The van der Waals surface area contributed by atoms with Gasteiger partial charge in [0.05, 0.1) is 0 Å². The number of likely N-dealkylation sites (N-methyl/N-ethyl adjacent to an activating group) is 1. The molecule has 4 nitrogen and oxygen atoms in total. The number of carbonyl (C=O) groups is 1. The van der Waals surface area contributed by atoms with Gasteiger partial charge >= 0.3 is 6.03 Å². The molecule has 0 saturated carbocycles. The van der Waals surface area contributed by atoms with Gasteiger partial charge in [0.25, 0.3) is 0 Å². The van der Waals surface area contributed by atoms with Crippen molar-refractivity contribution in [3.63, 3.8) is 0 Å². The smallest absolute Gasteiger partial charge is 0.320 e. The molecule has 1 heterocycles. The third-order valence-electron chi connectivity index (χ3n) is 3.00. The molecule has 2 amide bonds. The molecule has 0 spiro atoms. The molecule has 18 heavy (non-hydrogen) atoms. The van der Waals surface area contributed by atoms with Crippen molar-refractivity contribution >= 4 is 34.8 Å². The van der Waals surface area contributed by atoms with Crippen LogP contribution in [0.5, 0.6) is 0 Å². The fourth-order valence-corrected chi connectivity index (χ4v) is 2.25. The van der Waals surface area contributed by atoms with E-state index in [4.69, 9.17) is 29.6 Å². The topological polar surface area (TPSA) is 49.6 Å². The molecule has 2 N–H and O–H groups in total. The number of rotatable bonds is 3. The van der Waals surface area contributed by atoms with Crippen molar-refractivity contribution < 1.29 is 4.79 Å². The SMILES string of the molecule is CN1CCN(Cc2ccc(C(N)=S)cc2Cl)C1=O. The lowest BCUT2D eigenvalue weighted by Crippen LogP contribution is -2.29. The van der Waals surface area contributed by atoms with Crippen LogP contribution in [-0.2, 0) is 6.54 Å². The Labute approximate surface area is 116 Å². The normalized spacial score (nSPS) is 15.3. The van der Waals surface area contributed by atoms with Crippen LogP contribution in [0.1, 0.15) is 11.1 Å². The first-order chi connectivity index (χ1) is 8.49. The Balaban J connectivity index is 2.15. The number of benzene rings is 1. The highest BCUT2D eigenvalue weighted by Gasteiger charge is 2.25. The minimum atomic E-state index is 0.0319. The van der Waals surface area contributed by atoms with Crippen LogP contribution in [0.2, 0.25) is 5.02 Å². The van der Waals surface area contributed by atoms with E-state index in [0.717, 1.165) is 24.2 Å². The highest BCUT2D eigenvalue weighted by Crippen LogP contribution is 2.21. The summed E-state index contributed by atoms with van der Waals surface area (Å²) in [4.78, 5) is 15.5. The molecule has 0 atom stereocenters. The van der Waals surface area contributed by atoms with Gasteiger partial charge in [-0.1, -0.05) is 36.0 Å². The average molecular weight is 284 g/mol. The van der Waals surface area contributed by atoms with Gasteiger partial charge in [-0.2, -0.15) is 0 Å². The summed E-state index contributed by atoms with van der Waals surface area (Å²) < 4.78 is 0. The summed E-state index contributed by atoms with van der Waals surface area (Å²) in [6, 6.07) is 5.46. The molecule has 2 rings (SSSR count). The van der Waals surface area contributed by atoms with Gasteiger partial charge in [-0.15, -0.1) is 0 Å². The molecule has 0 unspecified atom stereocenters. The maximum Gasteiger partial charge on any atom is 0.320 e. The lowest BCUT2D eigenvalue weighted by molar-refractivity contribution is 0.197. The standard InChI is InChI=1S/C12H14ClN3OS/c1-15-4-5-16(12(15)17)7-9-3-2-8(11(14)18)6-10(9)13/h2-3,6H,4-5,7H2,1H3,(H2,14,18). The van der Waals surface area contributed by atoms with E-state index in [9.17, 15) is 4.79 Å². The first-order valence-electron chi connectivity index (χ1n) is 5.57. The lowest BCUT2D eigenvalue weighted by Gasteiger charge is -2.17. The number of urea groups is 1. The maximum atomic E-state index is 11.8. The molecule has 1 fully saturated rings. The van der Waals surface area contributed by atoms with E-state index >= 15 is 0 Å². The molecule has 1 aromatic carbocycles. The second kappa shape index (κ2) is 5.12. The van der Waals surface area contributed by atoms with Crippen molar-refractivity contribution in [3.05, 3.63) is 34.3 Å². The third-order valence-corrected chi connectivity index (χ3v) is 3.59. The highest BCUT2D eigenvalue weighted by molar-refractivity contribution is 7.80. The summed E-state index contributed by atoms with van der Waals surface area (Å²) in [6.45, 7) is 1.99. The van der Waals surface area contributed by atoms with Crippen molar-refractivity contribution in [2.75, 3.05) is 20.1 Å². The number of thiocarbonyl (C=S) groups is 1. The largest absolute Gasteiger partial charge is 0.389 e. The molecule has 1 aromatic rings. The van der Waals surface area contributed by atoms with Gasteiger partial charge in [-0.25, -0.2) is 4.79 Å². The van der Waals surface area contributed by atoms with Gasteiger partial charge in [0.1, 0.15) is 4.99 Å². The fraction of sp³-hybridized carbons (Fsp3) is 0.333. The zero-order valence-electron chi connectivity index (χ0n) is 10.0. The fourth-order valence-electron chi connectivity index (χ4n) is 1.88. The molecule has 1 aliphatic heterocycles. The Morgan fingerprint density at radius 3 is 2.72 bits per heavy atom. The number of nitrogens with two attached hydrogens (primary N) is 1. The summed E-state index contributed by atoms with van der Waals surface area (Å²) in [7, 11) is 1.79. The van der Waals surface area contributed by atoms with Crippen molar-refractivity contribution in [3.8, 4) is 0 Å². The zero-order chi connectivity index (χ0) is 13.3. The first-order valence-corrected chi connectivity index (χ1v) is 6.36. The monoisotopic (exact) mass is 283 g/mol. The average Bonchev–Trinajstić information content (AvgIpc) is 2.63. The molecule has 0 bridgehead atoms. The van der Waals surface area contributed by atoms with Crippen LogP contribution in [0.4, 0.5) is 4.79 Å². The Hall–Kier alpha value is -1.33. The molecule has 1 aliphatic rings. The van der Waals surface area contributed by atoms with Gasteiger partial charge in [-0.3, -0.25) is 0 Å². The van der Waals surface area contributed by atoms with Crippen molar-refractivity contribution in [1.29, 1.82) is 0 Å². The molecule has 96 valence electrons. The van der Waals surface area contributed by atoms with E-state index in [0.29, 0.717) is 16.6 Å². The Bertz CT molecular complexity index is 506. The maximum absolute atomic E-state index is 11.8. The highest BCUT2D eigenvalue weighted by atomic mass is 35.5. The number of amides is 2. The lowest BCUT2D eigenvalue weighted by atomic mass is 10.1. The molecular formula is C12H14ClN3OS. The minimum absolute atomic E-state index is 0.0319. The van der Waals surface area contributed by atoms with Crippen molar-refractivity contribution in [2.24, 2.45) is 5.73 Å². The van der Waals surface area contributed by atoms with Crippen LogP contribution in [0.3, 0.4) is 0 Å². The molecular weight excluding hydrogens is 270 g/mol. The first kappa shape index (κ1) is 13.1. The number of carbonyl (C=O) groups excluding carboxylic acids is 1. The second-order valence-corrected chi connectivity index (χ2v) is 5.14. The molecule has 0 aromatic heterocycles. The summed E-state index contributed by atoms with van der Waals surface area (Å²) in [5.74, 6) is 0. The quantitative estimate of drug-likeness (QED) is 0.861. The molecule has 1 saturated heterocycles. The van der Waals surface area contributed by atoms with Gasteiger partial charge in [0.15, 0.2) is 0 Å². The van der Waals surface area contributed by atoms with Crippen LogP contribution in [0.15, 0.2) is 18.2 Å². The summed E-state index contributed by atoms with van der Waals surface area (Å²) in [5.41, 5.74) is 7.18. The van der Waals surface area contributed by atoms with Crippen LogP contribution in [0.25, 0.3) is 0 Å². The number of halogens is 1. The minimum Gasteiger partial charge on any atom is -0.389 e. The Morgan fingerprint density at radius 2 is 2.22 bits per heavy atom.